The van der Waals surface area contributed by atoms with Crippen LogP contribution in [0.3, 0.4) is 0 Å². The minimum Gasteiger partial charge on any atom is -0.302 e. The van der Waals surface area contributed by atoms with E-state index in [-0.39, 0.29) is 0 Å². The molecule has 2 unspecified atom stereocenters. The lowest BCUT2D eigenvalue weighted by molar-refractivity contribution is 0.619. The highest BCUT2D eigenvalue weighted by Gasteiger charge is 2.21. The smallest absolute Gasteiger partial charge is 0.0736 e. The van der Waals surface area contributed by atoms with Crippen molar-refractivity contribution < 1.29 is 0 Å². The number of hydrogen-bond donors (Lipinski definition) is 1. The summed E-state index contributed by atoms with van der Waals surface area (Å²) in [6, 6.07) is 0.420. The molecule has 0 aromatic carbocycles. The molecule has 2 atom stereocenters. The molecule has 1 heterocycles. The SMILES string of the molecule is CC1=CC2C=NNC2C=C1. The summed E-state index contributed by atoms with van der Waals surface area (Å²) < 4.78 is 0. The van der Waals surface area contributed by atoms with Gasteiger partial charge in [-0.2, -0.15) is 5.10 Å². The Morgan fingerprint density at radius 2 is 2.50 bits per heavy atom. The number of hydrogen-bond acceptors (Lipinski definition) is 2. The third-order valence-corrected chi connectivity index (χ3v) is 1.91. The number of rotatable bonds is 0. The number of nitrogens with one attached hydrogen (secondary N) is 1. The molecular formula is C8H10N2. The summed E-state index contributed by atoms with van der Waals surface area (Å²) in [5.41, 5.74) is 4.35. The van der Waals surface area contributed by atoms with Crippen LogP contribution < -0.4 is 5.43 Å². The van der Waals surface area contributed by atoms with Crippen LogP contribution in [-0.2, 0) is 0 Å². The molecule has 2 heteroatoms. The second kappa shape index (κ2) is 1.97. The van der Waals surface area contributed by atoms with Gasteiger partial charge in [-0.1, -0.05) is 23.8 Å². The van der Waals surface area contributed by atoms with Gasteiger partial charge in [-0.25, -0.2) is 0 Å². The van der Waals surface area contributed by atoms with E-state index in [2.05, 4.69) is 35.7 Å². The standard InChI is InChI=1S/C8H10N2/c1-6-2-3-8-7(4-6)5-9-10-8/h2-5,7-8,10H,1H3. The topological polar surface area (TPSA) is 24.4 Å². The molecule has 0 aromatic rings. The summed E-state index contributed by atoms with van der Waals surface area (Å²) in [4.78, 5) is 0. The van der Waals surface area contributed by atoms with Crippen LogP contribution in [0.25, 0.3) is 0 Å². The van der Waals surface area contributed by atoms with Crippen molar-refractivity contribution in [2.75, 3.05) is 0 Å². The summed E-state index contributed by atoms with van der Waals surface area (Å²) in [6.07, 6.45) is 8.47. The second-order valence-corrected chi connectivity index (χ2v) is 2.78. The highest BCUT2D eigenvalue weighted by atomic mass is 15.3. The van der Waals surface area contributed by atoms with Gasteiger partial charge in [0, 0.05) is 12.1 Å². The summed E-state index contributed by atoms with van der Waals surface area (Å²) in [5.74, 6) is 0.491. The van der Waals surface area contributed by atoms with Crippen molar-refractivity contribution in [3.05, 3.63) is 23.8 Å². The molecule has 0 amide bonds. The van der Waals surface area contributed by atoms with E-state index >= 15 is 0 Å². The van der Waals surface area contributed by atoms with Crippen molar-refractivity contribution in [2.45, 2.75) is 13.0 Å². The average Bonchev–Trinajstić information content (AvgIpc) is 2.33. The zero-order valence-corrected chi connectivity index (χ0v) is 5.91. The van der Waals surface area contributed by atoms with Crippen molar-refractivity contribution in [3.63, 3.8) is 0 Å². The highest BCUT2D eigenvalue weighted by Crippen LogP contribution is 2.18. The number of fused-ring (bicyclic) bond motifs is 1. The molecule has 1 N–H and O–H groups in total. The van der Waals surface area contributed by atoms with Crippen LogP contribution in [0.15, 0.2) is 28.9 Å². The van der Waals surface area contributed by atoms with E-state index in [1.54, 1.807) is 0 Å². The van der Waals surface area contributed by atoms with Gasteiger partial charge in [0.1, 0.15) is 0 Å². The molecule has 0 aromatic heterocycles. The molecule has 1 aliphatic heterocycles. The van der Waals surface area contributed by atoms with Crippen molar-refractivity contribution in [3.8, 4) is 0 Å². The van der Waals surface area contributed by atoms with Crippen LogP contribution in [0.5, 0.6) is 0 Å². The van der Waals surface area contributed by atoms with E-state index in [0.717, 1.165) is 0 Å². The summed E-state index contributed by atoms with van der Waals surface area (Å²) >= 11 is 0. The zero-order chi connectivity index (χ0) is 6.97. The Balaban J connectivity index is 2.26. The van der Waals surface area contributed by atoms with Gasteiger partial charge >= 0.3 is 0 Å². The first kappa shape index (κ1) is 5.71. The molecule has 0 radical (unpaired) electrons. The summed E-state index contributed by atoms with van der Waals surface area (Å²) in [7, 11) is 0. The minimum absolute atomic E-state index is 0.420. The van der Waals surface area contributed by atoms with Gasteiger partial charge < -0.3 is 5.43 Å². The molecule has 52 valence electrons. The van der Waals surface area contributed by atoms with Crippen molar-refractivity contribution in [1.29, 1.82) is 0 Å². The summed E-state index contributed by atoms with van der Waals surface area (Å²) in [5, 5.41) is 3.99. The maximum Gasteiger partial charge on any atom is 0.0736 e. The zero-order valence-electron chi connectivity index (χ0n) is 5.91. The van der Waals surface area contributed by atoms with E-state index in [4.69, 9.17) is 0 Å². The maximum atomic E-state index is 3.99. The molecule has 0 saturated carbocycles. The van der Waals surface area contributed by atoms with E-state index < -0.39 is 0 Å². The maximum absolute atomic E-state index is 3.99. The van der Waals surface area contributed by atoms with Crippen molar-refractivity contribution in [1.82, 2.24) is 5.43 Å². The predicted molar refractivity (Wildman–Crippen MR) is 41.8 cm³/mol. The van der Waals surface area contributed by atoms with Crippen LogP contribution in [-0.4, -0.2) is 12.3 Å². The number of nitrogens with zero attached hydrogens (tertiary/aromatic N) is 1. The molecule has 2 aliphatic rings. The Morgan fingerprint density at radius 3 is 3.40 bits per heavy atom. The lowest BCUT2D eigenvalue weighted by atomic mass is 9.94. The molecule has 10 heavy (non-hydrogen) atoms. The molecule has 2 nitrogen and oxygen atoms in total. The average molecular weight is 134 g/mol. The van der Waals surface area contributed by atoms with E-state index in [9.17, 15) is 0 Å². The van der Waals surface area contributed by atoms with Crippen LogP contribution in [0.4, 0.5) is 0 Å². The van der Waals surface area contributed by atoms with Gasteiger partial charge in [0.05, 0.1) is 6.04 Å². The van der Waals surface area contributed by atoms with Gasteiger partial charge in [-0.3, -0.25) is 0 Å². The first-order chi connectivity index (χ1) is 4.86. The first-order valence-electron chi connectivity index (χ1n) is 3.51. The quantitative estimate of drug-likeness (QED) is 0.526. The molecule has 0 bridgehead atoms. The minimum atomic E-state index is 0.420. The van der Waals surface area contributed by atoms with E-state index in [0.29, 0.717) is 12.0 Å². The third kappa shape index (κ3) is 0.764. The number of allylic oxidation sites excluding steroid dienone is 2. The monoisotopic (exact) mass is 134 g/mol. The second-order valence-electron chi connectivity index (χ2n) is 2.78. The summed E-state index contributed by atoms with van der Waals surface area (Å²) in [6.45, 7) is 2.11. The third-order valence-electron chi connectivity index (χ3n) is 1.91. The predicted octanol–water partition coefficient (Wildman–Crippen LogP) is 1.08. The Hall–Kier alpha value is -1.05. The Labute approximate surface area is 60.3 Å². The van der Waals surface area contributed by atoms with Gasteiger partial charge in [-0.15, -0.1) is 0 Å². The van der Waals surface area contributed by atoms with Crippen molar-refractivity contribution >= 4 is 6.21 Å². The first-order valence-corrected chi connectivity index (χ1v) is 3.51. The fourth-order valence-corrected chi connectivity index (χ4v) is 1.33. The van der Waals surface area contributed by atoms with Crippen LogP contribution in [0, 0.1) is 5.92 Å². The molecule has 0 fully saturated rings. The Bertz CT molecular complexity index is 225. The fourth-order valence-electron chi connectivity index (χ4n) is 1.33. The lowest BCUT2D eigenvalue weighted by Crippen LogP contribution is -2.25. The molecule has 1 aliphatic carbocycles. The van der Waals surface area contributed by atoms with Gasteiger partial charge in [0.25, 0.3) is 0 Å². The lowest BCUT2D eigenvalue weighted by Gasteiger charge is -2.14. The fraction of sp³-hybridized carbons (Fsp3) is 0.375. The van der Waals surface area contributed by atoms with Crippen molar-refractivity contribution in [2.24, 2.45) is 11.0 Å². The van der Waals surface area contributed by atoms with Gasteiger partial charge in [-0.05, 0) is 6.92 Å². The molecule has 0 spiro atoms. The normalized spacial score (nSPS) is 35.1. The van der Waals surface area contributed by atoms with Crippen LogP contribution in [0.1, 0.15) is 6.92 Å². The highest BCUT2D eigenvalue weighted by molar-refractivity contribution is 5.68. The Morgan fingerprint density at radius 1 is 1.60 bits per heavy atom. The van der Waals surface area contributed by atoms with Gasteiger partial charge in [0.2, 0.25) is 0 Å². The van der Waals surface area contributed by atoms with Crippen LogP contribution >= 0.6 is 0 Å². The van der Waals surface area contributed by atoms with Crippen LogP contribution in [0.2, 0.25) is 0 Å². The Kier molecular flexibility index (Phi) is 1.13. The largest absolute Gasteiger partial charge is 0.302 e. The van der Waals surface area contributed by atoms with E-state index in [1.165, 1.54) is 5.57 Å². The van der Waals surface area contributed by atoms with E-state index in [1.807, 2.05) is 6.21 Å². The molecule has 2 rings (SSSR count). The molecule has 0 saturated heterocycles. The molecular weight excluding hydrogens is 124 g/mol. The number of hydrazone groups is 1. The van der Waals surface area contributed by atoms with Gasteiger partial charge in [0.15, 0.2) is 0 Å².